The highest BCUT2D eigenvalue weighted by atomic mass is 16.2. The minimum atomic E-state index is -1.96. The fourth-order valence-electron chi connectivity index (χ4n) is 11.8. The SMILES string of the molecule is CCCCCCCCN1C(=O)N(C(C(=O)Nc2c(C(C)C)cccc2C(C)C)C(C(=O)Nc2c(C)cc(C)cc2C)N2C(=O)N(c3ccc(C)cc3)C3(CCCCC3)C2=O)C(=O)C12CCCCC2. The molecule has 3 aromatic carbocycles. The smallest absolute Gasteiger partial charge is 0.324 e. The van der Waals surface area contributed by atoms with Crippen molar-refractivity contribution in [3.63, 3.8) is 0 Å². The van der Waals surface area contributed by atoms with E-state index in [1.165, 1.54) is 4.90 Å². The van der Waals surface area contributed by atoms with Gasteiger partial charge in [0.15, 0.2) is 12.1 Å². The third kappa shape index (κ3) is 9.45. The first-order valence-corrected chi connectivity index (χ1v) is 25.7. The molecule has 7 rings (SSSR count). The maximum atomic E-state index is 16.1. The van der Waals surface area contributed by atoms with Crippen molar-refractivity contribution in [2.24, 2.45) is 0 Å². The summed E-state index contributed by atoms with van der Waals surface area (Å²) >= 11 is 0. The monoisotopic (exact) mass is 929 g/mol. The summed E-state index contributed by atoms with van der Waals surface area (Å²) in [7, 11) is 0. The lowest BCUT2D eigenvalue weighted by atomic mass is 9.79. The molecule has 12 heteroatoms. The Hall–Kier alpha value is -5.52. The molecule has 2 saturated carbocycles. The molecule has 0 radical (unpaired) electrons. The number of amides is 8. The Labute approximate surface area is 404 Å². The number of urea groups is 2. The zero-order valence-electron chi connectivity index (χ0n) is 42.3. The van der Waals surface area contributed by atoms with E-state index >= 15 is 28.8 Å². The molecule has 366 valence electrons. The molecule has 8 amide bonds. The van der Waals surface area contributed by atoms with Crippen LogP contribution in [0.25, 0.3) is 0 Å². The third-order valence-electron chi connectivity index (χ3n) is 15.3. The summed E-state index contributed by atoms with van der Waals surface area (Å²) in [6.07, 6.45) is 11.9. The van der Waals surface area contributed by atoms with Crippen molar-refractivity contribution in [3.05, 3.63) is 88.0 Å². The number of imide groups is 2. The van der Waals surface area contributed by atoms with E-state index in [4.69, 9.17) is 0 Å². The molecule has 3 aromatic rings. The van der Waals surface area contributed by atoms with Gasteiger partial charge in [-0.2, -0.15) is 0 Å². The van der Waals surface area contributed by atoms with E-state index in [1.54, 1.807) is 4.90 Å². The van der Waals surface area contributed by atoms with Crippen molar-refractivity contribution in [1.82, 2.24) is 14.7 Å². The number of hydrogen-bond donors (Lipinski definition) is 2. The Kier molecular flexibility index (Phi) is 15.6. The molecule has 2 aliphatic carbocycles. The molecule has 0 bridgehead atoms. The molecule has 2 unspecified atom stereocenters. The molecule has 2 spiro atoms. The van der Waals surface area contributed by atoms with E-state index < -0.39 is 58.9 Å². The molecule has 68 heavy (non-hydrogen) atoms. The van der Waals surface area contributed by atoms with Crippen LogP contribution < -0.4 is 15.5 Å². The van der Waals surface area contributed by atoms with E-state index in [2.05, 4.69) is 17.6 Å². The first kappa shape index (κ1) is 50.4. The van der Waals surface area contributed by atoms with Crippen LogP contribution in [0.3, 0.4) is 0 Å². The van der Waals surface area contributed by atoms with Gasteiger partial charge in [0.05, 0.1) is 0 Å². The number of nitrogens with zero attached hydrogens (tertiary/aromatic N) is 4. The molecule has 2 N–H and O–H groups in total. The summed E-state index contributed by atoms with van der Waals surface area (Å²) in [5.41, 5.74) is 3.99. The van der Waals surface area contributed by atoms with Gasteiger partial charge in [-0.25, -0.2) is 19.4 Å². The molecule has 2 heterocycles. The van der Waals surface area contributed by atoms with Gasteiger partial charge in [0, 0.05) is 23.6 Å². The molecule has 2 atom stereocenters. The normalized spacial score (nSPS) is 19.0. The summed E-state index contributed by atoms with van der Waals surface area (Å²) in [6.45, 7) is 18.2. The summed E-state index contributed by atoms with van der Waals surface area (Å²) in [5, 5.41) is 6.28. The van der Waals surface area contributed by atoms with Gasteiger partial charge in [-0.15, -0.1) is 0 Å². The van der Waals surface area contributed by atoms with Gasteiger partial charge in [-0.05, 0) is 106 Å². The van der Waals surface area contributed by atoms with E-state index in [9.17, 15) is 0 Å². The fourth-order valence-corrected chi connectivity index (χ4v) is 11.8. The van der Waals surface area contributed by atoms with Gasteiger partial charge in [0.25, 0.3) is 11.8 Å². The molecular weight excluding hydrogens is 853 g/mol. The van der Waals surface area contributed by atoms with Crippen LogP contribution in [-0.2, 0) is 19.2 Å². The number of nitrogens with one attached hydrogen (secondary N) is 2. The van der Waals surface area contributed by atoms with Gasteiger partial charge in [-0.3, -0.25) is 24.1 Å². The van der Waals surface area contributed by atoms with E-state index in [-0.39, 0.29) is 11.8 Å². The number of unbranched alkanes of at least 4 members (excludes halogenated alkanes) is 5. The van der Waals surface area contributed by atoms with Crippen molar-refractivity contribution in [2.45, 2.75) is 200 Å². The maximum absolute atomic E-state index is 16.1. The van der Waals surface area contributed by atoms with Crippen LogP contribution in [0.1, 0.15) is 183 Å². The lowest BCUT2D eigenvalue weighted by Crippen LogP contribution is -2.65. The Morgan fingerprint density at radius 3 is 1.57 bits per heavy atom. The zero-order valence-corrected chi connectivity index (χ0v) is 42.3. The molecule has 2 saturated heterocycles. The molecular formula is C56H76N6O6. The average molecular weight is 929 g/mol. The van der Waals surface area contributed by atoms with E-state index in [0.717, 1.165) is 88.1 Å². The van der Waals surface area contributed by atoms with Crippen molar-refractivity contribution >= 4 is 52.8 Å². The van der Waals surface area contributed by atoms with Gasteiger partial charge in [-0.1, -0.05) is 159 Å². The van der Waals surface area contributed by atoms with Crippen LogP contribution in [-0.4, -0.2) is 80.1 Å². The number of hydrogen-bond acceptors (Lipinski definition) is 6. The molecule has 2 aliphatic heterocycles. The predicted molar refractivity (Wildman–Crippen MR) is 270 cm³/mol. The second-order valence-corrected chi connectivity index (χ2v) is 21.0. The number of rotatable bonds is 17. The topological polar surface area (TPSA) is 139 Å². The minimum absolute atomic E-state index is 0.0432. The molecule has 0 aromatic heterocycles. The highest BCUT2D eigenvalue weighted by molar-refractivity contribution is 6.21. The second-order valence-electron chi connectivity index (χ2n) is 21.0. The average Bonchev–Trinajstić information content (AvgIpc) is 3.62. The van der Waals surface area contributed by atoms with Gasteiger partial charge >= 0.3 is 12.1 Å². The summed E-state index contributed by atoms with van der Waals surface area (Å²) in [6, 6.07) is 11.8. The number of carbonyl (C=O) groups is 6. The Morgan fingerprint density at radius 2 is 1.04 bits per heavy atom. The van der Waals surface area contributed by atoms with Crippen molar-refractivity contribution in [3.8, 4) is 0 Å². The molecule has 4 aliphatic rings. The summed E-state index contributed by atoms with van der Waals surface area (Å²) in [4.78, 5) is 100. The Bertz CT molecular complexity index is 2330. The predicted octanol–water partition coefficient (Wildman–Crippen LogP) is 12.0. The third-order valence-corrected chi connectivity index (χ3v) is 15.3. The highest BCUT2D eigenvalue weighted by Gasteiger charge is 2.66. The largest absolute Gasteiger partial charge is 0.333 e. The number of anilines is 3. The lowest BCUT2D eigenvalue weighted by molar-refractivity contribution is -0.146. The first-order chi connectivity index (χ1) is 32.5. The lowest BCUT2D eigenvalue weighted by Gasteiger charge is -2.38. The highest BCUT2D eigenvalue weighted by Crippen LogP contribution is 2.47. The van der Waals surface area contributed by atoms with Crippen molar-refractivity contribution < 1.29 is 28.8 Å². The number of benzene rings is 3. The summed E-state index contributed by atoms with van der Waals surface area (Å²) < 4.78 is 0. The molecule has 12 nitrogen and oxygen atoms in total. The van der Waals surface area contributed by atoms with Crippen LogP contribution in [0.5, 0.6) is 0 Å². The first-order valence-electron chi connectivity index (χ1n) is 25.7. The maximum Gasteiger partial charge on any atom is 0.333 e. The second kappa shape index (κ2) is 21.0. The van der Waals surface area contributed by atoms with Crippen LogP contribution >= 0.6 is 0 Å². The van der Waals surface area contributed by atoms with E-state index in [0.29, 0.717) is 81.4 Å². The minimum Gasteiger partial charge on any atom is -0.324 e. The summed E-state index contributed by atoms with van der Waals surface area (Å²) in [5.74, 6) is -2.92. The van der Waals surface area contributed by atoms with Gasteiger partial charge in [0.1, 0.15) is 11.1 Å². The van der Waals surface area contributed by atoms with Crippen LogP contribution in [0.2, 0.25) is 0 Å². The fraction of sp³-hybridized carbons (Fsp3) is 0.571. The zero-order chi connectivity index (χ0) is 49.1. The van der Waals surface area contributed by atoms with Crippen LogP contribution in [0.15, 0.2) is 54.6 Å². The Morgan fingerprint density at radius 1 is 0.574 bits per heavy atom. The van der Waals surface area contributed by atoms with Crippen LogP contribution in [0.4, 0.5) is 26.7 Å². The van der Waals surface area contributed by atoms with Crippen molar-refractivity contribution in [1.29, 1.82) is 0 Å². The molecule has 4 fully saturated rings. The standard InChI is InChI=1S/C56H76N6O6/c1-10-11-12-13-14-21-33-59-53(67)60(51(65)55(59)29-17-15-18-30-55)47(50(64)58-46-43(36(2)3)23-22-24-44(46)37(4)5)48(49(63)57-45-40(8)34-39(7)35-41(45)9)61-52(66)56(31-19-16-20-32-56)62(54(61)68)42-27-25-38(6)26-28-42/h22-28,34-37,47-48H,10-21,29-33H2,1-9H3,(H,57,63)(H,58,64). The number of aryl methyl sites for hydroxylation is 4. The Balaban J connectivity index is 1.46. The van der Waals surface area contributed by atoms with Gasteiger partial charge < -0.3 is 15.5 Å². The van der Waals surface area contributed by atoms with Crippen LogP contribution in [0, 0.1) is 27.7 Å². The van der Waals surface area contributed by atoms with E-state index in [1.807, 2.05) is 110 Å². The van der Waals surface area contributed by atoms with Crippen molar-refractivity contribution in [2.75, 3.05) is 22.1 Å². The van der Waals surface area contributed by atoms with Gasteiger partial charge in [0.2, 0.25) is 11.8 Å². The quantitative estimate of drug-likeness (QED) is 0.102. The number of para-hydroxylation sites is 1. The number of carbonyl (C=O) groups excluding carboxylic acids is 6.